The van der Waals surface area contributed by atoms with Crippen LogP contribution in [0.4, 0.5) is 4.39 Å². The maximum Gasteiger partial charge on any atom is 0.140 e. The number of hydrogen-bond acceptors (Lipinski definition) is 1. The molecule has 0 unspecified atom stereocenters. The number of hydrogen-bond donors (Lipinski definition) is 0. The Kier molecular flexibility index (Phi) is 2.58. The van der Waals surface area contributed by atoms with Crippen LogP contribution in [0.2, 0.25) is 0 Å². The SMILES string of the molecule is C#CC(C)(C)c1ccc(F)c(C#N)c1. The Hall–Kier alpha value is -1.80. The predicted octanol–water partition coefficient (Wildman–Crippen LogP) is 2.61. The van der Waals surface area contributed by atoms with Crippen LogP contribution in [0.3, 0.4) is 0 Å². The number of nitriles is 1. The number of benzene rings is 1. The van der Waals surface area contributed by atoms with E-state index < -0.39 is 11.2 Å². The fraction of sp³-hybridized carbons (Fsp3) is 0.250. The molecule has 0 spiro atoms. The quantitative estimate of drug-likeness (QED) is 0.620. The van der Waals surface area contributed by atoms with Crippen LogP contribution in [0.25, 0.3) is 0 Å². The average molecular weight is 187 g/mol. The van der Waals surface area contributed by atoms with Gasteiger partial charge in [-0.3, -0.25) is 0 Å². The zero-order valence-electron chi connectivity index (χ0n) is 8.13. The van der Waals surface area contributed by atoms with Gasteiger partial charge in [-0.05, 0) is 31.5 Å². The number of nitrogens with zero attached hydrogens (tertiary/aromatic N) is 1. The molecule has 0 N–H and O–H groups in total. The summed E-state index contributed by atoms with van der Waals surface area (Å²) in [5.74, 6) is 2.09. The van der Waals surface area contributed by atoms with E-state index in [-0.39, 0.29) is 5.56 Å². The summed E-state index contributed by atoms with van der Waals surface area (Å²) in [4.78, 5) is 0. The molecule has 0 aliphatic heterocycles. The van der Waals surface area contributed by atoms with Gasteiger partial charge < -0.3 is 0 Å². The van der Waals surface area contributed by atoms with Crippen molar-refractivity contribution in [2.75, 3.05) is 0 Å². The minimum atomic E-state index is -0.510. The fourth-order valence-electron chi connectivity index (χ4n) is 1.08. The van der Waals surface area contributed by atoms with Crippen molar-refractivity contribution in [2.45, 2.75) is 19.3 Å². The first-order valence-corrected chi connectivity index (χ1v) is 4.19. The second-order valence-electron chi connectivity index (χ2n) is 3.58. The predicted molar refractivity (Wildman–Crippen MR) is 53.0 cm³/mol. The first kappa shape index (κ1) is 10.3. The van der Waals surface area contributed by atoms with Gasteiger partial charge in [0.15, 0.2) is 0 Å². The summed E-state index contributed by atoms with van der Waals surface area (Å²) in [6.45, 7) is 3.70. The molecule has 1 rings (SSSR count). The molecule has 0 heterocycles. The number of halogens is 1. The normalized spacial score (nSPS) is 10.4. The molecule has 0 aromatic heterocycles. The van der Waals surface area contributed by atoms with E-state index >= 15 is 0 Å². The molecule has 1 aromatic carbocycles. The lowest BCUT2D eigenvalue weighted by atomic mass is 9.85. The molecule has 0 aliphatic rings. The maximum absolute atomic E-state index is 13.0. The molecule has 1 aromatic rings. The Morgan fingerprint density at radius 3 is 2.57 bits per heavy atom. The Bertz CT molecular complexity index is 433. The highest BCUT2D eigenvalue weighted by molar-refractivity contribution is 5.40. The highest BCUT2D eigenvalue weighted by Gasteiger charge is 2.18. The van der Waals surface area contributed by atoms with E-state index in [1.165, 1.54) is 12.1 Å². The molecule has 70 valence electrons. The first-order valence-electron chi connectivity index (χ1n) is 4.19. The van der Waals surface area contributed by atoms with Gasteiger partial charge in [-0.15, -0.1) is 6.42 Å². The summed E-state index contributed by atoms with van der Waals surface area (Å²) in [5, 5.41) is 8.64. The van der Waals surface area contributed by atoms with E-state index in [2.05, 4.69) is 5.92 Å². The van der Waals surface area contributed by atoms with Crippen LogP contribution in [0.1, 0.15) is 25.0 Å². The van der Waals surface area contributed by atoms with Gasteiger partial charge in [-0.25, -0.2) is 4.39 Å². The summed E-state index contributed by atoms with van der Waals surface area (Å²) in [6.07, 6.45) is 5.34. The fourth-order valence-corrected chi connectivity index (χ4v) is 1.08. The van der Waals surface area contributed by atoms with Crippen LogP contribution >= 0.6 is 0 Å². The summed E-state index contributed by atoms with van der Waals surface area (Å²) in [5.41, 5.74) is 0.336. The van der Waals surface area contributed by atoms with Crippen LogP contribution < -0.4 is 0 Å². The van der Waals surface area contributed by atoms with Gasteiger partial charge in [0.1, 0.15) is 11.9 Å². The summed E-state index contributed by atoms with van der Waals surface area (Å²) >= 11 is 0. The minimum Gasteiger partial charge on any atom is -0.206 e. The zero-order valence-corrected chi connectivity index (χ0v) is 8.13. The Labute approximate surface area is 83.2 Å². The van der Waals surface area contributed by atoms with Crippen molar-refractivity contribution in [3.05, 3.63) is 35.1 Å². The largest absolute Gasteiger partial charge is 0.206 e. The number of rotatable bonds is 1. The third kappa shape index (κ3) is 1.75. The Morgan fingerprint density at radius 1 is 1.43 bits per heavy atom. The second kappa shape index (κ2) is 3.52. The molecule has 0 saturated heterocycles. The summed E-state index contributed by atoms with van der Waals surface area (Å²) in [6, 6.07) is 6.16. The van der Waals surface area contributed by atoms with Gasteiger partial charge in [-0.1, -0.05) is 12.0 Å². The smallest absolute Gasteiger partial charge is 0.140 e. The lowest BCUT2D eigenvalue weighted by molar-refractivity contribution is 0.618. The molecule has 0 atom stereocenters. The maximum atomic E-state index is 13.0. The number of terminal acetylenes is 1. The molecule has 0 fully saturated rings. The van der Waals surface area contributed by atoms with Crippen molar-refractivity contribution in [2.24, 2.45) is 0 Å². The topological polar surface area (TPSA) is 23.8 Å². The van der Waals surface area contributed by atoms with Crippen molar-refractivity contribution in [3.63, 3.8) is 0 Å². The van der Waals surface area contributed by atoms with Gasteiger partial charge >= 0.3 is 0 Å². The average Bonchev–Trinajstić information content (AvgIpc) is 2.18. The van der Waals surface area contributed by atoms with E-state index in [0.717, 1.165) is 5.56 Å². The molecule has 0 saturated carbocycles. The third-order valence-electron chi connectivity index (χ3n) is 2.17. The van der Waals surface area contributed by atoms with Crippen molar-refractivity contribution in [1.29, 1.82) is 5.26 Å². The summed E-state index contributed by atoms with van der Waals surface area (Å²) in [7, 11) is 0. The second-order valence-corrected chi connectivity index (χ2v) is 3.58. The monoisotopic (exact) mass is 187 g/mol. The van der Waals surface area contributed by atoms with Crippen molar-refractivity contribution in [1.82, 2.24) is 0 Å². The van der Waals surface area contributed by atoms with E-state index in [9.17, 15) is 4.39 Å². The Morgan fingerprint density at radius 2 is 2.07 bits per heavy atom. The van der Waals surface area contributed by atoms with Gasteiger partial charge in [0, 0.05) is 0 Å². The van der Waals surface area contributed by atoms with Gasteiger partial charge in [0.25, 0.3) is 0 Å². The highest BCUT2D eigenvalue weighted by Crippen LogP contribution is 2.23. The van der Waals surface area contributed by atoms with Gasteiger partial charge in [0.2, 0.25) is 0 Å². The van der Waals surface area contributed by atoms with Crippen molar-refractivity contribution < 1.29 is 4.39 Å². The lowest BCUT2D eigenvalue weighted by Gasteiger charge is -2.17. The molecule has 0 radical (unpaired) electrons. The molecule has 0 amide bonds. The van der Waals surface area contributed by atoms with E-state index in [4.69, 9.17) is 11.7 Å². The van der Waals surface area contributed by atoms with Gasteiger partial charge in [-0.2, -0.15) is 5.26 Å². The summed E-state index contributed by atoms with van der Waals surface area (Å²) < 4.78 is 13.0. The van der Waals surface area contributed by atoms with E-state index in [1.807, 2.05) is 13.8 Å². The highest BCUT2D eigenvalue weighted by atomic mass is 19.1. The van der Waals surface area contributed by atoms with Crippen molar-refractivity contribution >= 4 is 0 Å². The third-order valence-corrected chi connectivity index (χ3v) is 2.17. The Balaban J connectivity index is 3.30. The zero-order chi connectivity index (χ0) is 10.8. The minimum absolute atomic E-state index is 0.0332. The molecule has 14 heavy (non-hydrogen) atoms. The first-order chi connectivity index (χ1) is 6.51. The molecule has 2 heteroatoms. The van der Waals surface area contributed by atoms with E-state index in [0.29, 0.717) is 0 Å². The molecule has 1 nitrogen and oxygen atoms in total. The molecular weight excluding hydrogens is 177 g/mol. The van der Waals surface area contributed by atoms with Crippen LogP contribution in [0.15, 0.2) is 18.2 Å². The molecule has 0 bridgehead atoms. The van der Waals surface area contributed by atoms with Crippen LogP contribution in [0.5, 0.6) is 0 Å². The standard InChI is InChI=1S/C12H10FN/c1-4-12(2,3)10-5-6-11(13)9(7-10)8-14/h1,5-7H,2-3H3. The van der Waals surface area contributed by atoms with Crippen molar-refractivity contribution in [3.8, 4) is 18.4 Å². The van der Waals surface area contributed by atoms with E-state index in [1.54, 1.807) is 12.1 Å². The lowest BCUT2D eigenvalue weighted by Crippen LogP contribution is -2.14. The van der Waals surface area contributed by atoms with Gasteiger partial charge in [0.05, 0.1) is 11.0 Å². The molecular formula is C12H10FN. The molecule has 0 aliphatic carbocycles. The van der Waals surface area contributed by atoms with Crippen LogP contribution in [0, 0.1) is 29.5 Å². The van der Waals surface area contributed by atoms with Crippen LogP contribution in [-0.2, 0) is 5.41 Å². The van der Waals surface area contributed by atoms with Crippen LogP contribution in [-0.4, -0.2) is 0 Å².